The molecule has 2 aromatic carbocycles. The molecule has 2 aliphatic carbocycles. The van der Waals surface area contributed by atoms with Crippen LogP contribution in [0.25, 0.3) is 15.9 Å². The summed E-state index contributed by atoms with van der Waals surface area (Å²) in [5, 5.41) is 27.0. The summed E-state index contributed by atoms with van der Waals surface area (Å²) in [4.78, 5) is 4.68. The zero-order valence-electron chi connectivity index (χ0n) is 19.5. The number of nitrogens with zero attached hydrogens (tertiary/aromatic N) is 4. The molecule has 0 spiro atoms. The van der Waals surface area contributed by atoms with Crippen molar-refractivity contribution in [3.63, 3.8) is 0 Å². The number of benzene rings is 2. The van der Waals surface area contributed by atoms with Gasteiger partial charge in [0, 0.05) is 0 Å². The van der Waals surface area contributed by atoms with Crippen LogP contribution in [0, 0.1) is 11.3 Å². The number of ether oxygens (including phenoxy) is 1. The van der Waals surface area contributed by atoms with Gasteiger partial charge in [-0.25, -0.2) is 9.67 Å². The van der Waals surface area contributed by atoms with Gasteiger partial charge in [-0.2, -0.15) is 10.4 Å². The van der Waals surface area contributed by atoms with Crippen LogP contribution < -0.4 is 0 Å². The molecule has 2 saturated carbocycles. The van der Waals surface area contributed by atoms with Crippen molar-refractivity contribution in [3.8, 4) is 11.8 Å². The SMILES string of the molecule is N#Cc1ccc2nc(C3(O)CCC(OCc4c(C5CC5)cnn4-c4c(Cl)cccc4Cl)CC3)sc2c1. The Hall–Kier alpha value is -2.47. The van der Waals surface area contributed by atoms with E-state index in [9.17, 15) is 5.11 Å². The smallest absolute Gasteiger partial charge is 0.126 e. The number of rotatable bonds is 6. The fourth-order valence-corrected chi connectivity index (χ4v) is 6.70. The summed E-state index contributed by atoms with van der Waals surface area (Å²) in [6.07, 6.45) is 6.88. The maximum atomic E-state index is 11.4. The maximum absolute atomic E-state index is 11.4. The van der Waals surface area contributed by atoms with Crippen molar-refractivity contribution in [2.24, 2.45) is 0 Å². The largest absolute Gasteiger partial charge is 0.383 e. The number of para-hydroxylation sites is 1. The lowest BCUT2D eigenvalue weighted by Crippen LogP contribution is -2.34. The Kier molecular flexibility index (Phi) is 6.27. The molecule has 2 heterocycles. The van der Waals surface area contributed by atoms with Crippen LogP contribution in [-0.2, 0) is 16.9 Å². The van der Waals surface area contributed by atoms with E-state index in [1.807, 2.05) is 41.2 Å². The Morgan fingerprint density at radius 3 is 2.58 bits per heavy atom. The van der Waals surface area contributed by atoms with Gasteiger partial charge < -0.3 is 9.84 Å². The maximum Gasteiger partial charge on any atom is 0.126 e. The number of hydrogen-bond donors (Lipinski definition) is 1. The number of hydrogen-bond acceptors (Lipinski definition) is 6. The van der Waals surface area contributed by atoms with Gasteiger partial charge in [0.25, 0.3) is 0 Å². The van der Waals surface area contributed by atoms with E-state index >= 15 is 0 Å². The monoisotopic (exact) mass is 538 g/mol. The molecule has 0 amide bonds. The van der Waals surface area contributed by atoms with E-state index < -0.39 is 5.60 Å². The Labute approximate surface area is 223 Å². The van der Waals surface area contributed by atoms with Gasteiger partial charge in [0.2, 0.25) is 0 Å². The second-order valence-corrected chi connectivity index (χ2v) is 11.5. The Balaban J connectivity index is 1.17. The third-order valence-electron chi connectivity index (χ3n) is 7.20. The van der Waals surface area contributed by atoms with Crippen LogP contribution in [-0.4, -0.2) is 26.0 Å². The van der Waals surface area contributed by atoms with Crippen molar-refractivity contribution in [1.82, 2.24) is 14.8 Å². The molecule has 2 fully saturated rings. The topological polar surface area (TPSA) is 84.0 Å². The first-order valence-electron chi connectivity index (χ1n) is 12.1. The Bertz CT molecular complexity index is 1460. The average Bonchev–Trinajstić information content (AvgIpc) is 3.49. The van der Waals surface area contributed by atoms with Crippen LogP contribution >= 0.6 is 34.5 Å². The summed E-state index contributed by atoms with van der Waals surface area (Å²) in [6, 6.07) is 13.1. The van der Waals surface area contributed by atoms with Gasteiger partial charge in [-0.1, -0.05) is 29.3 Å². The van der Waals surface area contributed by atoms with E-state index in [0.29, 0.717) is 51.7 Å². The molecule has 184 valence electrons. The molecule has 0 atom stereocenters. The predicted molar refractivity (Wildman–Crippen MR) is 141 cm³/mol. The minimum absolute atomic E-state index is 0.0296. The lowest BCUT2D eigenvalue weighted by molar-refractivity contribution is -0.0648. The van der Waals surface area contributed by atoms with Gasteiger partial charge in [0.1, 0.15) is 16.3 Å². The summed E-state index contributed by atoms with van der Waals surface area (Å²) < 4.78 is 9.15. The van der Waals surface area contributed by atoms with Crippen LogP contribution in [0.15, 0.2) is 42.6 Å². The lowest BCUT2D eigenvalue weighted by atomic mass is 9.83. The molecular weight excluding hydrogens is 515 g/mol. The highest BCUT2D eigenvalue weighted by Gasteiger charge is 2.38. The molecule has 6 nitrogen and oxygen atoms in total. The van der Waals surface area contributed by atoms with Gasteiger partial charge >= 0.3 is 0 Å². The molecule has 0 aliphatic heterocycles. The summed E-state index contributed by atoms with van der Waals surface area (Å²) in [5.74, 6) is 0.510. The molecule has 9 heteroatoms. The van der Waals surface area contributed by atoms with Crippen LogP contribution in [0.1, 0.15) is 66.3 Å². The van der Waals surface area contributed by atoms with Gasteiger partial charge in [0.05, 0.1) is 56.5 Å². The molecule has 4 aromatic rings. The lowest BCUT2D eigenvalue weighted by Gasteiger charge is -2.34. The van der Waals surface area contributed by atoms with Crippen LogP contribution in [0.5, 0.6) is 0 Å². The Morgan fingerprint density at radius 2 is 1.89 bits per heavy atom. The highest BCUT2D eigenvalue weighted by molar-refractivity contribution is 7.18. The first-order chi connectivity index (χ1) is 17.4. The number of thiazole rings is 1. The van der Waals surface area contributed by atoms with Crippen molar-refractivity contribution >= 4 is 44.8 Å². The zero-order valence-corrected chi connectivity index (χ0v) is 21.8. The predicted octanol–water partition coefficient (Wildman–Crippen LogP) is 6.88. The highest BCUT2D eigenvalue weighted by Crippen LogP contribution is 2.44. The van der Waals surface area contributed by atoms with E-state index in [4.69, 9.17) is 33.2 Å². The molecule has 6 rings (SSSR count). The molecule has 0 radical (unpaired) electrons. The van der Waals surface area contributed by atoms with E-state index in [0.717, 1.165) is 41.6 Å². The van der Waals surface area contributed by atoms with Gasteiger partial charge in [-0.15, -0.1) is 11.3 Å². The summed E-state index contributed by atoms with van der Waals surface area (Å²) >= 11 is 14.5. The summed E-state index contributed by atoms with van der Waals surface area (Å²) in [7, 11) is 0. The zero-order chi connectivity index (χ0) is 24.9. The second kappa shape index (κ2) is 9.44. The van der Waals surface area contributed by atoms with E-state index in [-0.39, 0.29) is 6.10 Å². The molecular formula is C27H24Cl2N4O2S. The normalized spacial score (nSPS) is 22.1. The fraction of sp³-hybridized carbons (Fsp3) is 0.370. The third kappa shape index (κ3) is 4.42. The summed E-state index contributed by atoms with van der Waals surface area (Å²) in [5.41, 5.74) is 3.32. The van der Waals surface area contributed by atoms with Crippen LogP contribution in [0.3, 0.4) is 0 Å². The summed E-state index contributed by atoms with van der Waals surface area (Å²) in [6.45, 7) is 0.411. The van der Waals surface area contributed by atoms with Crippen molar-refractivity contribution < 1.29 is 9.84 Å². The molecule has 2 aromatic heterocycles. The minimum Gasteiger partial charge on any atom is -0.383 e. The molecule has 36 heavy (non-hydrogen) atoms. The second-order valence-electron chi connectivity index (χ2n) is 9.66. The molecule has 0 unspecified atom stereocenters. The van der Waals surface area contributed by atoms with E-state index in [1.54, 1.807) is 6.07 Å². The highest BCUT2D eigenvalue weighted by atomic mass is 35.5. The van der Waals surface area contributed by atoms with Crippen LogP contribution in [0.2, 0.25) is 10.0 Å². The number of aliphatic hydroxyl groups is 1. The van der Waals surface area contributed by atoms with Gasteiger partial charge in [0.15, 0.2) is 0 Å². The molecule has 0 bridgehead atoms. The van der Waals surface area contributed by atoms with Crippen molar-refractivity contribution in [2.45, 2.75) is 62.8 Å². The Morgan fingerprint density at radius 1 is 1.14 bits per heavy atom. The van der Waals surface area contributed by atoms with E-state index in [2.05, 4.69) is 16.2 Å². The number of nitriles is 1. The molecule has 0 saturated heterocycles. The van der Waals surface area contributed by atoms with E-state index in [1.165, 1.54) is 16.9 Å². The average molecular weight is 539 g/mol. The number of aromatic nitrogens is 3. The number of fused-ring (bicyclic) bond motifs is 1. The first-order valence-corrected chi connectivity index (χ1v) is 13.7. The first kappa shape index (κ1) is 23.9. The quantitative estimate of drug-likeness (QED) is 0.289. The van der Waals surface area contributed by atoms with Crippen molar-refractivity contribution in [3.05, 3.63) is 74.5 Å². The number of halogens is 2. The van der Waals surface area contributed by atoms with Crippen LogP contribution in [0.4, 0.5) is 0 Å². The van der Waals surface area contributed by atoms with Gasteiger partial charge in [-0.05, 0) is 80.3 Å². The van der Waals surface area contributed by atoms with Crippen molar-refractivity contribution in [1.29, 1.82) is 5.26 Å². The molecule has 2 aliphatic rings. The fourth-order valence-electron chi connectivity index (χ4n) is 4.99. The standard InChI is InChI=1S/C27H24Cl2N4O2S/c28-20-2-1-3-21(29)25(20)33-23(19(14-31-33)17-5-6-17)15-35-18-8-10-27(34,11-9-18)26-32-22-7-4-16(13-30)12-24(22)36-26/h1-4,7,12,14,17-18,34H,5-6,8-11,15H2. The molecule has 1 N–H and O–H groups in total. The van der Waals surface area contributed by atoms with Crippen molar-refractivity contribution in [2.75, 3.05) is 0 Å². The minimum atomic E-state index is -0.970. The third-order valence-corrected chi connectivity index (χ3v) is 9.02. The van der Waals surface area contributed by atoms with Gasteiger partial charge in [-0.3, -0.25) is 0 Å².